The van der Waals surface area contributed by atoms with Crippen molar-refractivity contribution >= 4 is 21.8 Å². The fraction of sp³-hybridized carbons (Fsp3) is 0.222. The van der Waals surface area contributed by atoms with Gasteiger partial charge in [0.05, 0.1) is 0 Å². The molecule has 0 saturated carbocycles. The molecule has 0 unspecified atom stereocenters. The smallest absolute Gasteiger partial charge is 1.00 e. The fourth-order valence-corrected chi connectivity index (χ4v) is 2.70. The van der Waals surface area contributed by atoms with Gasteiger partial charge in [-0.05, 0) is 37.3 Å². The topological polar surface area (TPSA) is 57.4 Å². The van der Waals surface area contributed by atoms with E-state index < -0.39 is 0 Å². The molecule has 2 heterocycles. The molecule has 128 valence electrons. The van der Waals surface area contributed by atoms with Crippen LogP contribution in [0.1, 0.15) is 22.3 Å². The number of aromatic amines is 2. The molecule has 0 aliphatic rings. The predicted molar refractivity (Wildman–Crippen MR) is 88.8 cm³/mol. The predicted octanol–water partition coefficient (Wildman–Crippen LogP) is -2.03. The van der Waals surface area contributed by atoms with Gasteiger partial charge in [-0.25, -0.2) is 0 Å². The van der Waals surface area contributed by atoms with Crippen LogP contribution in [-0.4, -0.2) is 20.4 Å². The molecule has 4 rings (SSSR count). The summed E-state index contributed by atoms with van der Waals surface area (Å²) in [5.41, 5.74) is 7.16. The van der Waals surface area contributed by atoms with E-state index >= 15 is 0 Å². The summed E-state index contributed by atoms with van der Waals surface area (Å²) in [6.45, 7) is 8.29. The first-order valence-corrected chi connectivity index (χ1v) is 7.20. The minimum Gasteiger partial charge on any atom is -1.00 e. The zero-order valence-electron chi connectivity index (χ0n) is 14.5. The maximum Gasteiger partial charge on any atom is 4.00 e. The monoisotopic (exact) mass is 450 g/mol. The van der Waals surface area contributed by atoms with Crippen LogP contribution in [0.3, 0.4) is 0 Å². The molecule has 2 aromatic heterocycles. The van der Waals surface area contributed by atoms with Crippen LogP contribution in [0.4, 0.5) is 0 Å². The Morgan fingerprint density at radius 1 is 0.680 bits per heavy atom. The molecule has 0 aliphatic carbocycles. The number of benzene rings is 2. The number of rotatable bonds is 0. The minimum absolute atomic E-state index is 0. The van der Waals surface area contributed by atoms with Crippen molar-refractivity contribution in [1.29, 1.82) is 0 Å². The molecule has 0 fully saturated rings. The molecule has 7 heteroatoms. The first-order valence-electron chi connectivity index (χ1n) is 7.20. The van der Waals surface area contributed by atoms with E-state index in [4.69, 9.17) is 0 Å². The second-order valence-electron chi connectivity index (χ2n) is 5.68. The molecular formula is C18H18Cl2N4Zr. The Bertz CT molecular complexity index is 869. The summed E-state index contributed by atoms with van der Waals surface area (Å²) < 4.78 is 0. The number of halogens is 2. The number of aryl methyl sites for hydroxylation is 4. The summed E-state index contributed by atoms with van der Waals surface area (Å²) in [5, 5.41) is 15.7. The van der Waals surface area contributed by atoms with Crippen molar-refractivity contribution in [3.8, 4) is 0 Å². The molecule has 0 saturated heterocycles. The molecular weight excluding hydrogens is 434 g/mol. The number of aromatic nitrogens is 4. The second-order valence-corrected chi connectivity index (χ2v) is 5.68. The van der Waals surface area contributed by atoms with Gasteiger partial charge in [0.2, 0.25) is 0 Å². The van der Waals surface area contributed by atoms with Gasteiger partial charge in [-0.2, -0.15) is 12.1 Å². The normalized spacial score (nSPS) is 9.44. The van der Waals surface area contributed by atoms with Crippen LogP contribution in [0.25, 0.3) is 21.8 Å². The summed E-state index contributed by atoms with van der Waals surface area (Å²) in [6.07, 6.45) is 5.79. The molecule has 0 spiro atoms. The third-order valence-electron chi connectivity index (χ3n) is 3.65. The van der Waals surface area contributed by atoms with Crippen LogP contribution >= 0.6 is 0 Å². The van der Waals surface area contributed by atoms with Crippen LogP contribution in [-0.2, 0) is 26.2 Å². The van der Waals surface area contributed by atoms with Crippen molar-refractivity contribution < 1.29 is 51.0 Å². The van der Waals surface area contributed by atoms with Crippen molar-refractivity contribution in [3.63, 3.8) is 0 Å². The van der Waals surface area contributed by atoms with Gasteiger partial charge >= 0.3 is 26.2 Å². The quantitative estimate of drug-likeness (QED) is 0.303. The minimum atomic E-state index is 0. The molecule has 2 aromatic carbocycles. The number of hydrogen-bond acceptors (Lipinski definition) is 2. The summed E-state index contributed by atoms with van der Waals surface area (Å²) in [5.74, 6) is 0. The summed E-state index contributed by atoms with van der Waals surface area (Å²) >= 11 is 0. The molecule has 0 amide bonds. The summed E-state index contributed by atoms with van der Waals surface area (Å²) in [4.78, 5) is 0. The van der Waals surface area contributed by atoms with E-state index in [1.165, 1.54) is 22.3 Å². The average Bonchev–Trinajstić information content (AvgIpc) is 3.07. The van der Waals surface area contributed by atoms with Crippen LogP contribution in [0, 0.1) is 40.1 Å². The van der Waals surface area contributed by atoms with Crippen molar-refractivity contribution in [1.82, 2.24) is 20.4 Å². The number of hydrogen-bond donors (Lipinski definition) is 2. The van der Waals surface area contributed by atoms with Crippen LogP contribution < -0.4 is 24.8 Å². The number of nitrogens with zero attached hydrogens (tertiary/aromatic N) is 2. The summed E-state index contributed by atoms with van der Waals surface area (Å²) in [7, 11) is 0. The Hall–Kier alpha value is -1.16. The van der Waals surface area contributed by atoms with E-state index in [-0.39, 0.29) is 51.0 Å². The van der Waals surface area contributed by atoms with Crippen LogP contribution in [0.5, 0.6) is 0 Å². The van der Waals surface area contributed by atoms with Crippen LogP contribution in [0.15, 0.2) is 24.3 Å². The average molecular weight is 453 g/mol. The third-order valence-corrected chi connectivity index (χ3v) is 3.65. The van der Waals surface area contributed by atoms with Gasteiger partial charge in [0, 0.05) is 0 Å². The third kappa shape index (κ3) is 5.41. The van der Waals surface area contributed by atoms with E-state index in [2.05, 4.69) is 84.7 Å². The van der Waals surface area contributed by atoms with Gasteiger partial charge in [0.25, 0.3) is 0 Å². The van der Waals surface area contributed by atoms with Gasteiger partial charge in [0.15, 0.2) is 0 Å². The van der Waals surface area contributed by atoms with E-state index in [1.54, 1.807) is 0 Å². The first kappa shape index (κ1) is 23.8. The molecule has 4 nitrogen and oxygen atoms in total. The van der Waals surface area contributed by atoms with Crippen molar-refractivity contribution in [2.45, 2.75) is 27.7 Å². The molecule has 0 atom stereocenters. The number of H-pyrrole nitrogens is 2. The Morgan fingerprint density at radius 2 is 1.04 bits per heavy atom. The van der Waals surface area contributed by atoms with Gasteiger partial charge in [-0.3, -0.25) is 10.2 Å². The first-order chi connectivity index (χ1) is 10.5. The maximum atomic E-state index is 3.85. The molecule has 2 N–H and O–H groups in total. The Kier molecular flexibility index (Phi) is 9.64. The van der Waals surface area contributed by atoms with Gasteiger partial charge in [0.1, 0.15) is 0 Å². The van der Waals surface area contributed by atoms with E-state index in [0.717, 1.165) is 21.8 Å². The van der Waals surface area contributed by atoms with Crippen LogP contribution in [0.2, 0.25) is 0 Å². The molecule has 25 heavy (non-hydrogen) atoms. The largest absolute Gasteiger partial charge is 4.00 e. The van der Waals surface area contributed by atoms with Gasteiger partial charge in [-0.1, -0.05) is 37.1 Å². The van der Waals surface area contributed by atoms with E-state index in [0.29, 0.717) is 0 Å². The number of fused-ring (bicyclic) bond motifs is 2. The van der Waals surface area contributed by atoms with Crippen molar-refractivity contribution in [2.24, 2.45) is 0 Å². The van der Waals surface area contributed by atoms with Crippen molar-refractivity contribution in [2.75, 3.05) is 0 Å². The van der Waals surface area contributed by atoms with Gasteiger partial charge < -0.3 is 35.0 Å². The molecule has 0 aliphatic heterocycles. The van der Waals surface area contributed by atoms with Crippen molar-refractivity contribution in [3.05, 3.63) is 58.9 Å². The maximum absolute atomic E-state index is 3.85. The standard InChI is InChI=1S/2C9H9N2.2ClH.Zr/c2*1-6-3-7(2)9-8(4-6)5-10-11-9;;;/h2*3-4H,1-2H3,(H,10,11);2*1H;/q2*-1;;;+4/p-2. The SMILES string of the molecule is Cc1cc(C)c2[nH]n[c-]c2c1.Cc1cc(C)c2[nH]n[c-]c2c1.[Cl-].[Cl-].[Zr+4]. The zero-order valence-corrected chi connectivity index (χ0v) is 18.4. The van der Waals surface area contributed by atoms with Gasteiger partial charge in [-0.15, -0.1) is 21.9 Å². The molecule has 4 aromatic rings. The number of nitrogens with one attached hydrogen (secondary N) is 2. The Labute approximate surface area is 179 Å². The van der Waals surface area contributed by atoms with E-state index in [1.807, 2.05) is 0 Å². The second kappa shape index (κ2) is 10.1. The fourth-order valence-electron chi connectivity index (χ4n) is 2.70. The Balaban J connectivity index is 0.000000411. The zero-order chi connectivity index (χ0) is 15.7. The summed E-state index contributed by atoms with van der Waals surface area (Å²) in [6, 6.07) is 8.42. The molecule has 0 bridgehead atoms. The Morgan fingerprint density at radius 3 is 1.40 bits per heavy atom. The molecule has 0 radical (unpaired) electrons. The van der Waals surface area contributed by atoms with E-state index in [9.17, 15) is 0 Å².